The van der Waals surface area contributed by atoms with Gasteiger partial charge in [-0.25, -0.2) is 0 Å². The maximum atomic E-state index is 12.2. The highest BCUT2D eigenvalue weighted by Crippen LogP contribution is 2.21. The number of nitrogens with one attached hydrogen (secondary N) is 1. The van der Waals surface area contributed by atoms with Crippen LogP contribution in [-0.4, -0.2) is 33.5 Å². The number of hydrogen-bond donors (Lipinski definition) is 1. The maximum absolute atomic E-state index is 12.2. The van der Waals surface area contributed by atoms with E-state index in [0.717, 1.165) is 22.8 Å². The second-order valence-corrected chi connectivity index (χ2v) is 6.56. The minimum atomic E-state index is -0.0573. The Morgan fingerprint density at radius 2 is 1.96 bits per heavy atom. The Kier molecular flexibility index (Phi) is 5.91. The Hall–Kier alpha value is -2.80. The number of rotatable bonds is 7. The summed E-state index contributed by atoms with van der Waals surface area (Å²) in [6.07, 6.45) is 0. The zero-order valence-electron chi connectivity index (χ0n) is 14.7. The van der Waals surface area contributed by atoms with Crippen LogP contribution in [0.5, 0.6) is 5.75 Å². The van der Waals surface area contributed by atoms with Crippen molar-refractivity contribution in [3.63, 3.8) is 0 Å². The molecule has 6 nitrogen and oxygen atoms in total. The summed E-state index contributed by atoms with van der Waals surface area (Å²) in [5, 5.41) is 11.9. The largest absolute Gasteiger partial charge is 0.497 e. The molecule has 0 aliphatic heterocycles. The molecule has 0 bridgehead atoms. The molecule has 3 aromatic rings. The topological polar surface area (TPSA) is 69.0 Å². The highest BCUT2D eigenvalue weighted by molar-refractivity contribution is 7.99. The number of benzene rings is 2. The predicted octanol–water partition coefficient (Wildman–Crippen LogP) is 2.99. The van der Waals surface area contributed by atoms with Gasteiger partial charge in [-0.05, 0) is 36.8 Å². The number of hydrogen-bond acceptors (Lipinski definition) is 5. The third-order valence-electron chi connectivity index (χ3n) is 3.77. The summed E-state index contributed by atoms with van der Waals surface area (Å²) in [6.45, 7) is 2.36. The average molecular weight is 368 g/mol. The molecule has 1 heterocycles. The van der Waals surface area contributed by atoms with Gasteiger partial charge >= 0.3 is 0 Å². The van der Waals surface area contributed by atoms with Gasteiger partial charge in [-0.2, -0.15) is 0 Å². The van der Waals surface area contributed by atoms with Crippen molar-refractivity contribution < 1.29 is 9.53 Å². The van der Waals surface area contributed by atoms with E-state index in [4.69, 9.17) is 4.74 Å². The summed E-state index contributed by atoms with van der Waals surface area (Å²) < 4.78 is 7.13. The number of carbonyl (C=O) groups is 1. The van der Waals surface area contributed by atoms with Gasteiger partial charge in [0.15, 0.2) is 5.16 Å². The summed E-state index contributed by atoms with van der Waals surface area (Å²) in [5.74, 6) is 1.78. The molecule has 0 saturated heterocycles. The third kappa shape index (κ3) is 4.43. The Bertz CT molecular complexity index is 880. The Morgan fingerprint density at radius 1 is 1.15 bits per heavy atom. The quantitative estimate of drug-likeness (QED) is 0.649. The molecule has 26 heavy (non-hydrogen) atoms. The first-order valence-corrected chi connectivity index (χ1v) is 9.16. The van der Waals surface area contributed by atoms with Gasteiger partial charge in [0.05, 0.1) is 12.9 Å². The lowest BCUT2D eigenvalue weighted by molar-refractivity contribution is -0.118. The van der Waals surface area contributed by atoms with Crippen LogP contribution in [0.25, 0.3) is 5.69 Å². The van der Waals surface area contributed by atoms with E-state index in [9.17, 15) is 4.79 Å². The standard InChI is InChI=1S/C19H20N4O2S/c1-14-21-22-19(23(14)16-8-4-3-5-9-16)26-13-18(24)20-12-15-7-6-10-17(11-15)25-2/h3-11H,12-13H2,1-2H3,(H,20,24). The smallest absolute Gasteiger partial charge is 0.230 e. The Labute approximate surface area is 156 Å². The van der Waals surface area contributed by atoms with Gasteiger partial charge in [0.2, 0.25) is 5.91 Å². The molecule has 1 amide bonds. The molecule has 2 aromatic carbocycles. The molecule has 7 heteroatoms. The van der Waals surface area contributed by atoms with Gasteiger partial charge in [0, 0.05) is 12.2 Å². The fourth-order valence-corrected chi connectivity index (χ4v) is 3.30. The molecule has 0 radical (unpaired) electrons. The van der Waals surface area contributed by atoms with Crippen LogP contribution in [0.15, 0.2) is 59.8 Å². The summed E-state index contributed by atoms with van der Waals surface area (Å²) in [5.41, 5.74) is 1.97. The van der Waals surface area contributed by atoms with E-state index in [2.05, 4.69) is 15.5 Å². The van der Waals surface area contributed by atoms with Crippen molar-refractivity contribution in [1.29, 1.82) is 0 Å². The average Bonchev–Trinajstić information content (AvgIpc) is 3.06. The molecule has 1 aromatic heterocycles. The second-order valence-electron chi connectivity index (χ2n) is 5.62. The third-order valence-corrected chi connectivity index (χ3v) is 4.69. The van der Waals surface area contributed by atoms with E-state index < -0.39 is 0 Å². The lowest BCUT2D eigenvalue weighted by Gasteiger charge is -2.09. The first-order valence-electron chi connectivity index (χ1n) is 8.17. The number of para-hydroxylation sites is 1. The molecule has 3 rings (SSSR count). The molecule has 134 valence electrons. The van der Waals surface area contributed by atoms with Gasteiger partial charge in [0.25, 0.3) is 0 Å². The molecular weight excluding hydrogens is 348 g/mol. The van der Waals surface area contributed by atoms with Gasteiger partial charge in [0.1, 0.15) is 11.6 Å². The molecule has 1 N–H and O–H groups in total. The number of aryl methyl sites for hydroxylation is 1. The lowest BCUT2D eigenvalue weighted by atomic mass is 10.2. The summed E-state index contributed by atoms with van der Waals surface area (Å²) in [7, 11) is 1.62. The van der Waals surface area contributed by atoms with E-state index in [0.29, 0.717) is 11.7 Å². The van der Waals surface area contributed by atoms with Crippen LogP contribution in [-0.2, 0) is 11.3 Å². The van der Waals surface area contributed by atoms with Gasteiger partial charge in [-0.15, -0.1) is 10.2 Å². The van der Waals surface area contributed by atoms with Crippen LogP contribution in [0.2, 0.25) is 0 Å². The molecule has 0 unspecified atom stereocenters. The van der Waals surface area contributed by atoms with Gasteiger partial charge in [-0.1, -0.05) is 42.1 Å². The van der Waals surface area contributed by atoms with E-state index in [1.54, 1.807) is 7.11 Å². The highest BCUT2D eigenvalue weighted by atomic mass is 32.2. The van der Waals surface area contributed by atoms with Crippen molar-refractivity contribution in [1.82, 2.24) is 20.1 Å². The second kappa shape index (κ2) is 8.53. The fraction of sp³-hybridized carbons (Fsp3) is 0.211. The van der Waals surface area contributed by atoms with E-state index in [1.807, 2.05) is 66.1 Å². The summed E-state index contributed by atoms with van der Waals surface area (Å²) in [6, 6.07) is 17.5. The van der Waals surface area contributed by atoms with E-state index >= 15 is 0 Å². The maximum Gasteiger partial charge on any atom is 0.230 e. The normalized spacial score (nSPS) is 10.5. The molecule has 0 fully saturated rings. The first-order chi connectivity index (χ1) is 12.7. The van der Waals surface area contributed by atoms with Gasteiger partial charge in [-0.3, -0.25) is 9.36 Å². The monoisotopic (exact) mass is 368 g/mol. The van der Waals surface area contributed by atoms with Crippen molar-refractivity contribution in [3.05, 3.63) is 66.0 Å². The Morgan fingerprint density at radius 3 is 2.73 bits per heavy atom. The number of ether oxygens (including phenoxy) is 1. The van der Waals surface area contributed by atoms with Crippen LogP contribution < -0.4 is 10.1 Å². The number of methoxy groups -OCH3 is 1. The molecular formula is C19H20N4O2S. The van der Waals surface area contributed by atoms with Crippen molar-refractivity contribution in [3.8, 4) is 11.4 Å². The molecule has 0 spiro atoms. The van der Waals surface area contributed by atoms with Crippen molar-refractivity contribution in [2.24, 2.45) is 0 Å². The van der Waals surface area contributed by atoms with Crippen LogP contribution >= 0.6 is 11.8 Å². The molecule has 0 saturated carbocycles. The summed E-state index contributed by atoms with van der Waals surface area (Å²) in [4.78, 5) is 12.2. The summed E-state index contributed by atoms with van der Waals surface area (Å²) >= 11 is 1.37. The molecule has 0 aliphatic carbocycles. The fourth-order valence-electron chi connectivity index (χ4n) is 2.47. The SMILES string of the molecule is COc1cccc(CNC(=O)CSc2nnc(C)n2-c2ccccc2)c1. The van der Waals surface area contributed by atoms with E-state index in [1.165, 1.54) is 11.8 Å². The predicted molar refractivity (Wildman–Crippen MR) is 102 cm³/mol. The zero-order valence-corrected chi connectivity index (χ0v) is 15.5. The number of nitrogens with zero attached hydrogens (tertiary/aromatic N) is 3. The van der Waals surface area contributed by atoms with Crippen molar-refractivity contribution in [2.45, 2.75) is 18.6 Å². The van der Waals surface area contributed by atoms with Crippen LogP contribution in [0.3, 0.4) is 0 Å². The molecule has 0 aliphatic rings. The first kappa shape index (κ1) is 18.0. The van der Waals surface area contributed by atoms with Crippen molar-refractivity contribution >= 4 is 17.7 Å². The van der Waals surface area contributed by atoms with Crippen LogP contribution in [0.4, 0.5) is 0 Å². The highest BCUT2D eigenvalue weighted by Gasteiger charge is 2.13. The number of amides is 1. The van der Waals surface area contributed by atoms with Crippen LogP contribution in [0, 0.1) is 6.92 Å². The number of aromatic nitrogens is 3. The Balaban J connectivity index is 1.58. The zero-order chi connectivity index (χ0) is 18.4. The van der Waals surface area contributed by atoms with Gasteiger partial charge < -0.3 is 10.1 Å². The minimum Gasteiger partial charge on any atom is -0.497 e. The minimum absolute atomic E-state index is 0.0573. The number of carbonyl (C=O) groups excluding carboxylic acids is 1. The lowest BCUT2D eigenvalue weighted by Crippen LogP contribution is -2.24. The van der Waals surface area contributed by atoms with Crippen molar-refractivity contribution in [2.75, 3.05) is 12.9 Å². The molecule has 0 atom stereocenters. The number of thioether (sulfide) groups is 1. The van der Waals surface area contributed by atoms with E-state index in [-0.39, 0.29) is 11.7 Å². The van der Waals surface area contributed by atoms with Crippen LogP contribution in [0.1, 0.15) is 11.4 Å².